The standard InChI is InChI=1S/C11H18O2/c1-3-4-5-6-7-8-9-10-11(12)13-2/h6,8H,3-5,9-10H2,1-2H3. The van der Waals surface area contributed by atoms with Crippen molar-refractivity contribution in [3.8, 4) is 0 Å². The van der Waals surface area contributed by atoms with Crippen LogP contribution in [0.15, 0.2) is 17.9 Å². The average molecular weight is 182 g/mol. The molecule has 0 unspecified atom stereocenters. The lowest BCUT2D eigenvalue weighted by Gasteiger charge is -1.92. The Labute approximate surface area is 80.3 Å². The van der Waals surface area contributed by atoms with Gasteiger partial charge in [0.25, 0.3) is 0 Å². The quantitative estimate of drug-likeness (QED) is 0.358. The lowest BCUT2D eigenvalue weighted by molar-refractivity contribution is -0.140. The number of hydrogen-bond acceptors (Lipinski definition) is 2. The zero-order chi connectivity index (χ0) is 9.94. The number of carbonyl (C=O) groups excluding carboxylic acids is 1. The van der Waals surface area contributed by atoms with Crippen molar-refractivity contribution in [1.82, 2.24) is 0 Å². The molecule has 0 aliphatic heterocycles. The number of unbranched alkanes of at least 4 members (excludes halogenated alkanes) is 2. The molecular formula is C11H18O2. The Bertz CT molecular complexity index is 188. The fraction of sp³-hybridized carbons (Fsp3) is 0.636. The molecule has 0 aliphatic rings. The van der Waals surface area contributed by atoms with Crippen molar-refractivity contribution >= 4 is 5.97 Å². The Kier molecular flexibility index (Phi) is 8.38. The normalized spacial score (nSPS) is 8.77. The molecule has 0 fully saturated rings. The van der Waals surface area contributed by atoms with Crippen LogP contribution < -0.4 is 0 Å². The van der Waals surface area contributed by atoms with E-state index < -0.39 is 0 Å². The zero-order valence-electron chi connectivity index (χ0n) is 8.51. The molecule has 0 spiro atoms. The van der Waals surface area contributed by atoms with Crippen LogP contribution in [-0.4, -0.2) is 13.1 Å². The van der Waals surface area contributed by atoms with E-state index in [0.717, 1.165) is 12.8 Å². The average Bonchev–Trinajstić information content (AvgIpc) is 2.16. The van der Waals surface area contributed by atoms with Gasteiger partial charge in [0.15, 0.2) is 0 Å². The molecule has 0 amide bonds. The minimum Gasteiger partial charge on any atom is -0.469 e. The molecule has 0 heterocycles. The van der Waals surface area contributed by atoms with Gasteiger partial charge in [-0.1, -0.05) is 13.3 Å². The van der Waals surface area contributed by atoms with Crippen LogP contribution in [0.2, 0.25) is 0 Å². The second kappa shape index (κ2) is 9.08. The number of allylic oxidation sites excluding steroid dienone is 1. The summed E-state index contributed by atoms with van der Waals surface area (Å²) in [5.74, 6) is -0.161. The molecule has 0 bridgehead atoms. The summed E-state index contributed by atoms with van der Waals surface area (Å²) in [7, 11) is 1.41. The highest BCUT2D eigenvalue weighted by molar-refractivity contribution is 5.69. The van der Waals surface area contributed by atoms with E-state index in [-0.39, 0.29) is 5.97 Å². The molecule has 74 valence electrons. The highest BCUT2D eigenvalue weighted by atomic mass is 16.5. The number of carbonyl (C=O) groups is 1. The minimum absolute atomic E-state index is 0.161. The third-order valence-corrected chi connectivity index (χ3v) is 1.66. The van der Waals surface area contributed by atoms with Crippen molar-refractivity contribution in [2.24, 2.45) is 0 Å². The van der Waals surface area contributed by atoms with Gasteiger partial charge in [0.2, 0.25) is 0 Å². The SMILES string of the molecule is CCCCC=C=CCCC(=O)OC. The van der Waals surface area contributed by atoms with Gasteiger partial charge in [0.1, 0.15) is 0 Å². The Balaban J connectivity index is 3.40. The lowest BCUT2D eigenvalue weighted by Crippen LogP contribution is -1.97. The largest absolute Gasteiger partial charge is 0.469 e. The summed E-state index contributed by atoms with van der Waals surface area (Å²) in [6, 6.07) is 0. The van der Waals surface area contributed by atoms with Crippen LogP contribution in [0, 0.1) is 0 Å². The highest BCUT2D eigenvalue weighted by Gasteiger charge is 1.94. The van der Waals surface area contributed by atoms with E-state index in [4.69, 9.17) is 0 Å². The molecule has 0 rings (SSSR count). The van der Waals surface area contributed by atoms with Gasteiger partial charge in [0, 0.05) is 6.42 Å². The van der Waals surface area contributed by atoms with Crippen molar-refractivity contribution in [2.45, 2.75) is 39.0 Å². The van der Waals surface area contributed by atoms with Crippen molar-refractivity contribution < 1.29 is 9.53 Å². The molecule has 13 heavy (non-hydrogen) atoms. The van der Waals surface area contributed by atoms with Gasteiger partial charge in [-0.2, -0.15) is 0 Å². The maximum Gasteiger partial charge on any atom is 0.305 e. The van der Waals surface area contributed by atoms with Crippen molar-refractivity contribution in [1.29, 1.82) is 0 Å². The van der Waals surface area contributed by atoms with Gasteiger partial charge in [-0.15, -0.1) is 5.73 Å². The summed E-state index contributed by atoms with van der Waals surface area (Å²) < 4.78 is 4.50. The number of ether oxygens (including phenoxy) is 1. The first kappa shape index (κ1) is 12.0. The summed E-state index contributed by atoms with van der Waals surface area (Å²) >= 11 is 0. The van der Waals surface area contributed by atoms with E-state index in [0.29, 0.717) is 6.42 Å². The van der Waals surface area contributed by atoms with Crippen LogP contribution in [0.25, 0.3) is 0 Å². The third-order valence-electron chi connectivity index (χ3n) is 1.66. The van der Waals surface area contributed by atoms with Crippen LogP contribution in [0.4, 0.5) is 0 Å². The maximum absolute atomic E-state index is 10.7. The molecule has 0 atom stereocenters. The van der Waals surface area contributed by atoms with E-state index in [1.54, 1.807) is 0 Å². The molecule has 0 saturated heterocycles. The van der Waals surface area contributed by atoms with Crippen LogP contribution in [0.3, 0.4) is 0 Å². The van der Waals surface area contributed by atoms with Gasteiger partial charge in [-0.3, -0.25) is 4.79 Å². The van der Waals surface area contributed by atoms with Gasteiger partial charge >= 0.3 is 5.97 Å². The van der Waals surface area contributed by atoms with Gasteiger partial charge in [0.05, 0.1) is 7.11 Å². The van der Waals surface area contributed by atoms with Gasteiger partial charge in [-0.05, 0) is 31.4 Å². The van der Waals surface area contributed by atoms with E-state index >= 15 is 0 Å². The maximum atomic E-state index is 10.7. The van der Waals surface area contributed by atoms with E-state index in [9.17, 15) is 4.79 Å². The predicted molar refractivity (Wildman–Crippen MR) is 53.4 cm³/mol. The molecule has 0 aromatic rings. The number of hydrogen-bond donors (Lipinski definition) is 0. The molecule has 0 saturated carbocycles. The summed E-state index contributed by atoms with van der Waals surface area (Å²) in [4.78, 5) is 10.7. The summed E-state index contributed by atoms with van der Waals surface area (Å²) in [5, 5.41) is 0. The van der Waals surface area contributed by atoms with Crippen molar-refractivity contribution in [2.75, 3.05) is 7.11 Å². The van der Waals surface area contributed by atoms with Crippen LogP contribution in [0.5, 0.6) is 0 Å². The van der Waals surface area contributed by atoms with Crippen molar-refractivity contribution in [3.63, 3.8) is 0 Å². The fourth-order valence-corrected chi connectivity index (χ4v) is 0.848. The van der Waals surface area contributed by atoms with Gasteiger partial charge in [-0.25, -0.2) is 0 Å². The van der Waals surface area contributed by atoms with Crippen molar-refractivity contribution in [3.05, 3.63) is 17.9 Å². The monoisotopic (exact) mass is 182 g/mol. The molecule has 0 aromatic heterocycles. The van der Waals surface area contributed by atoms with Crippen LogP contribution >= 0.6 is 0 Å². The van der Waals surface area contributed by atoms with Crippen LogP contribution in [0.1, 0.15) is 39.0 Å². The second-order valence-corrected chi connectivity index (χ2v) is 2.83. The Hall–Kier alpha value is -1.01. The highest BCUT2D eigenvalue weighted by Crippen LogP contribution is 1.95. The first-order chi connectivity index (χ1) is 6.31. The molecule has 0 aromatic carbocycles. The topological polar surface area (TPSA) is 26.3 Å². The fourth-order valence-electron chi connectivity index (χ4n) is 0.848. The van der Waals surface area contributed by atoms with Crippen LogP contribution in [-0.2, 0) is 9.53 Å². The number of methoxy groups -OCH3 is 1. The smallest absolute Gasteiger partial charge is 0.305 e. The molecule has 0 aliphatic carbocycles. The predicted octanol–water partition coefficient (Wildman–Crippen LogP) is 2.84. The first-order valence-electron chi connectivity index (χ1n) is 4.77. The molecule has 0 N–H and O–H groups in total. The summed E-state index contributed by atoms with van der Waals surface area (Å²) in [5.41, 5.74) is 3.04. The third kappa shape index (κ3) is 8.90. The van der Waals surface area contributed by atoms with E-state index in [1.165, 1.54) is 20.0 Å². The Morgan fingerprint density at radius 2 is 2.08 bits per heavy atom. The first-order valence-corrected chi connectivity index (χ1v) is 4.77. The minimum atomic E-state index is -0.161. The van der Waals surface area contributed by atoms with E-state index in [2.05, 4.69) is 17.4 Å². The Morgan fingerprint density at radius 3 is 2.69 bits per heavy atom. The van der Waals surface area contributed by atoms with Gasteiger partial charge < -0.3 is 4.74 Å². The summed E-state index contributed by atoms with van der Waals surface area (Å²) in [6.07, 6.45) is 8.55. The molecular weight excluding hydrogens is 164 g/mol. The second-order valence-electron chi connectivity index (χ2n) is 2.83. The number of rotatable bonds is 6. The summed E-state index contributed by atoms with van der Waals surface area (Å²) in [6.45, 7) is 2.16. The molecule has 2 nitrogen and oxygen atoms in total. The molecule has 0 radical (unpaired) electrons. The number of esters is 1. The zero-order valence-corrected chi connectivity index (χ0v) is 8.51. The Morgan fingerprint density at radius 1 is 1.38 bits per heavy atom. The lowest BCUT2D eigenvalue weighted by atomic mass is 10.2. The molecule has 2 heteroatoms. The van der Waals surface area contributed by atoms with E-state index in [1.807, 2.05) is 12.2 Å².